The van der Waals surface area contributed by atoms with Gasteiger partial charge in [0.1, 0.15) is 56.7 Å². The quantitative estimate of drug-likeness (QED) is 0.0987. The average Bonchev–Trinajstić information content (AvgIpc) is 3.14. The van der Waals surface area contributed by atoms with Crippen LogP contribution in [0.5, 0.6) is 23.3 Å². The number of benzene rings is 4. The van der Waals surface area contributed by atoms with Crippen LogP contribution in [0.2, 0.25) is 0 Å². The van der Waals surface area contributed by atoms with Gasteiger partial charge in [0.25, 0.3) is 11.8 Å². The van der Waals surface area contributed by atoms with Gasteiger partial charge < -0.3 is 9.47 Å². The van der Waals surface area contributed by atoms with E-state index in [4.69, 9.17) is 39.4 Å². The summed E-state index contributed by atoms with van der Waals surface area (Å²) >= 11 is 4.50. The van der Waals surface area contributed by atoms with Crippen LogP contribution in [-0.4, -0.2) is 49.8 Å². The largest absolute Gasteiger partial charge is 0.436 e. The van der Waals surface area contributed by atoms with Crippen LogP contribution >= 0.6 is 45.2 Å². The van der Waals surface area contributed by atoms with Gasteiger partial charge in [-0.1, -0.05) is 36.4 Å². The van der Waals surface area contributed by atoms with Crippen LogP contribution in [0, 0.1) is 29.8 Å². The summed E-state index contributed by atoms with van der Waals surface area (Å²) in [7, 11) is 0. The molecule has 0 amide bonds. The highest BCUT2D eigenvalue weighted by molar-refractivity contribution is 14.1. The number of fused-ring (bicyclic) bond motifs is 9. The van der Waals surface area contributed by atoms with Gasteiger partial charge in [0.05, 0.1) is 11.0 Å². The Bertz CT molecular complexity index is 2990. The van der Waals surface area contributed by atoms with Crippen LogP contribution in [-0.2, 0) is 0 Å². The highest BCUT2D eigenvalue weighted by Gasteiger charge is 2.23. The molecule has 16 heteroatoms. The van der Waals surface area contributed by atoms with E-state index in [1.165, 1.54) is 0 Å². The Hall–Kier alpha value is -6.12. The molecule has 0 unspecified atom stereocenters. The molecule has 5 heterocycles. The van der Waals surface area contributed by atoms with E-state index in [1.807, 2.05) is 36.4 Å². The number of ether oxygens (including phenoxy) is 2. The van der Waals surface area contributed by atoms with Crippen molar-refractivity contribution in [3.8, 4) is 35.4 Å². The van der Waals surface area contributed by atoms with Crippen LogP contribution < -0.4 is 9.47 Å². The van der Waals surface area contributed by atoms with E-state index in [0.717, 1.165) is 7.14 Å². The van der Waals surface area contributed by atoms with Gasteiger partial charge in [-0.05, 0) is 81.6 Å². The third-order valence-corrected chi connectivity index (χ3v) is 10.3. The topological polar surface area (TPSA) is 195 Å². The van der Waals surface area contributed by atoms with Gasteiger partial charge >= 0.3 is 0 Å². The molecular weight excluding hydrogens is 862 g/mol. The molecular formula is C34H12I2N12O2. The summed E-state index contributed by atoms with van der Waals surface area (Å²) in [4.78, 5) is 47.3. The summed E-state index contributed by atoms with van der Waals surface area (Å²) in [6.07, 6.45) is 0. The summed E-state index contributed by atoms with van der Waals surface area (Å²) in [5.41, 5.74) is 3.45. The molecule has 50 heavy (non-hydrogen) atoms. The Morgan fingerprint density at radius 2 is 0.780 bits per heavy atom. The Balaban J connectivity index is 1.37. The first-order valence-corrected chi connectivity index (χ1v) is 16.7. The lowest BCUT2D eigenvalue weighted by Gasteiger charge is -2.11. The number of hydrogen-bond acceptors (Lipinski definition) is 14. The second kappa shape index (κ2) is 11.8. The zero-order valence-corrected chi connectivity index (χ0v) is 29.2. The monoisotopic (exact) mass is 874 g/mol. The van der Waals surface area contributed by atoms with Gasteiger partial charge in [-0.3, -0.25) is 0 Å². The minimum atomic E-state index is -0.0794. The summed E-state index contributed by atoms with van der Waals surface area (Å²) < 4.78 is 13.8. The summed E-state index contributed by atoms with van der Waals surface area (Å²) in [5, 5.41) is 19.9. The van der Waals surface area contributed by atoms with Crippen LogP contribution in [0.4, 0.5) is 0 Å². The minimum absolute atomic E-state index is 0.0223. The Labute approximate surface area is 306 Å². The van der Waals surface area contributed by atoms with Crippen LogP contribution in [0.3, 0.4) is 0 Å². The molecule has 0 aliphatic carbocycles. The fraction of sp³-hybridized carbons (Fsp3) is 0. The van der Waals surface area contributed by atoms with Gasteiger partial charge in [-0.25, -0.2) is 39.9 Å². The lowest BCUT2D eigenvalue weighted by Crippen LogP contribution is -2.04. The lowest BCUT2D eigenvalue weighted by atomic mass is 10.1. The number of para-hydroxylation sites is 2. The second-order valence-electron chi connectivity index (χ2n) is 10.6. The molecule has 0 N–H and O–H groups in total. The number of nitriles is 2. The number of rotatable bonds is 4. The van der Waals surface area contributed by atoms with Gasteiger partial charge in [0.2, 0.25) is 22.7 Å². The van der Waals surface area contributed by atoms with Crippen LogP contribution in [0.25, 0.3) is 66.7 Å². The molecule has 4 aromatic carbocycles. The second-order valence-corrected chi connectivity index (χ2v) is 12.9. The summed E-state index contributed by atoms with van der Waals surface area (Å²) in [5.74, 6) is 0.884. The predicted molar refractivity (Wildman–Crippen MR) is 197 cm³/mol. The average molecular weight is 874 g/mol. The Kier molecular flexibility index (Phi) is 7.07. The normalized spacial score (nSPS) is 11.4. The van der Waals surface area contributed by atoms with Crippen molar-refractivity contribution in [3.05, 3.63) is 91.3 Å². The SMILES string of the molecule is N#Cc1nc2nc3c4nc5cc(I)c(I)cc5nc4c4nc5nc(Oc6ccccc6)c(C#N)nc5nc4c3nc2nc1Oc1ccccc1. The van der Waals surface area contributed by atoms with Crippen molar-refractivity contribution < 1.29 is 9.47 Å². The predicted octanol–water partition coefficient (Wildman–Crippen LogP) is 7.09. The molecule has 0 spiro atoms. The zero-order valence-electron chi connectivity index (χ0n) is 24.9. The van der Waals surface area contributed by atoms with Crippen molar-refractivity contribution in [2.45, 2.75) is 0 Å². The minimum Gasteiger partial charge on any atom is -0.436 e. The van der Waals surface area contributed by atoms with E-state index >= 15 is 0 Å². The molecule has 0 radical (unpaired) electrons. The van der Waals surface area contributed by atoms with Crippen LogP contribution in [0.1, 0.15) is 11.4 Å². The van der Waals surface area contributed by atoms with Crippen molar-refractivity contribution in [1.82, 2.24) is 49.8 Å². The van der Waals surface area contributed by atoms with Gasteiger partial charge in [-0.15, -0.1) is 0 Å². The maximum absolute atomic E-state index is 9.95. The molecule has 5 aromatic heterocycles. The maximum Gasteiger partial charge on any atom is 0.258 e. The molecule has 14 nitrogen and oxygen atoms in total. The molecule has 9 aromatic rings. The molecule has 0 aliphatic heterocycles. The highest BCUT2D eigenvalue weighted by atomic mass is 127. The van der Waals surface area contributed by atoms with Gasteiger partial charge in [0.15, 0.2) is 11.3 Å². The zero-order chi connectivity index (χ0) is 33.9. The van der Waals surface area contributed by atoms with Crippen molar-refractivity contribution in [2.24, 2.45) is 0 Å². The molecule has 234 valence electrons. The van der Waals surface area contributed by atoms with Gasteiger partial charge in [0, 0.05) is 7.14 Å². The smallest absolute Gasteiger partial charge is 0.258 e. The first kappa shape index (κ1) is 30.0. The standard InChI is InChI=1S/C34H12I2N12O2/c35-17-11-19-20(12-18(17)36)40-24-23(39-19)25-28(46-32-29(43-25)41-21(13-37)34(48-32)50-16-9-5-2-6-10-16)27-26(24)45-31-30(44-27)42-22(14-38)33(47-31)49-15-7-3-1-4-8-15/h1-12H. The van der Waals surface area contributed by atoms with Crippen molar-refractivity contribution in [2.75, 3.05) is 0 Å². The van der Waals surface area contributed by atoms with Crippen molar-refractivity contribution in [3.63, 3.8) is 0 Å². The maximum atomic E-state index is 9.95. The first-order valence-electron chi connectivity index (χ1n) is 14.6. The van der Waals surface area contributed by atoms with E-state index in [0.29, 0.717) is 44.6 Å². The molecule has 9 rings (SSSR count). The molecule has 0 atom stereocenters. The Morgan fingerprint density at radius 3 is 1.14 bits per heavy atom. The highest BCUT2D eigenvalue weighted by Crippen LogP contribution is 2.34. The van der Waals surface area contributed by atoms with E-state index in [2.05, 4.69) is 65.1 Å². The molecule has 0 saturated heterocycles. The van der Waals surface area contributed by atoms with Crippen molar-refractivity contribution in [1.29, 1.82) is 10.5 Å². The number of halogens is 2. The summed E-state index contributed by atoms with van der Waals surface area (Å²) in [6, 6.07) is 25.8. The number of nitrogens with zero attached hydrogens (tertiary/aromatic N) is 12. The molecule has 0 aliphatic rings. The van der Waals surface area contributed by atoms with Gasteiger partial charge in [-0.2, -0.15) is 20.5 Å². The molecule has 0 bridgehead atoms. The van der Waals surface area contributed by atoms with E-state index < -0.39 is 0 Å². The molecule has 0 fully saturated rings. The van der Waals surface area contributed by atoms with E-state index in [-0.39, 0.29) is 56.8 Å². The lowest BCUT2D eigenvalue weighted by molar-refractivity contribution is 0.460. The number of hydrogen-bond donors (Lipinski definition) is 0. The Morgan fingerprint density at radius 1 is 0.440 bits per heavy atom. The van der Waals surface area contributed by atoms with Crippen molar-refractivity contribution >= 4 is 112 Å². The first-order chi connectivity index (χ1) is 24.4. The summed E-state index contributed by atoms with van der Waals surface area (Å²) in [6.45, 7) is 0. The number of aromatic nitrogens is 10. The van der Waals surface area contributed by atoms with E-state index in [9.17, 15) is 10.5 Å². The van der Waals surface area contributed by atoms with E-state index in [1.54, 1.807) is 48.5 Å². The fourth-order valence-corrected chi connectivity index (χ4v) is 6.17. The third kappa shape index (κ3) is 5.04. The third-order valence-electron chi connectivity index (χ3n) is 7.48. The van der Waals surface area contributed by atoms with Crippen LogP contribution in [0.15, 0.2) is 72.8 Å². The molecule has 0 saturated carbocycles. The fourth-order valence-electron chi connectivity index (χ4n) is 5.27.